The summed E-state index contributed by atoms with van der Waals surface area (Å²) in [6.07, 6.45) is 0. The van der Waals surface area contributed by atoms with Gasteiger partial charge in [-0.15, -0.1) is 0 Å². The van der Waals surface area contributed by atoms with Gasteiger partial charge in [-0.3, -0.25) is 0 Å². The molecule has 0 saturated carbocycles. The van der Waals surface area contributed by atoms with E-state index in [0.717, 1.165) is 22.6 Å². The zero-order valence-corrected chi connectivity index (χ0v) is 19.0. The van der Waals surface area contributed by atoms with Gasteiger partial charge in [0.2, 0.25) is 0 Å². The Morgan fingerprint density at radius 2 is 1.00 bits per heavy atom. The molecule has 0 atom stereocenters. The van der Waals surface area contributed by atoms with Gasteiger partial charge in [0, 0.05) is 16.5 Å². The van der Waals surface area contributed by atoms with Gasteiger partial charge in [-0.05, 0) is 67.0 Å². The molecule has 0 radical (unpaired) electrons. The van der Waals surface area contributed by atoms with Crippen molar-refractivity contribution in [2.75, 3.05) is 0 Å². The van der Waals surface area contributed by atoms with Crippen LogP contribution in [-0.2, 0) is 0 Å². The number of hydrogen-bond donors (Lipinski definition) is 0. The largest absolute Gasteiger partial charge is 0.455 e. The lowest BCUT2D eigenvalue weighted by molar-refractivity contribution is 0.489. The normalized spacial score (nSPS) is 12.2. The van der Waals surface area contributed by atoms with Crippen LogP contribution in [0.1, 0.15) is 0 Å². The van der Waals surface area contributed by atoms with E-state index in [1.807, 2.05) is 0 Å². The molecule has 0 amide bonds. The van der Waals surface area contributed by atoms with Crippen LogP contribution in [0.2, 0.25) is 0 Å². The van der Waals surface area contributed by atoms with Crippen LogP contribution in [0.25, 0.3) is 65.3 Å². The van der Waals surface area contributed by atoms with Gasteiger partial charge in [-0.2, -0.15) is 0 Å². The van der Waals surface area contributed by atoms with Gasteiger partial charge in [-0.1, -0.05) is 103 Å². The fraction of sp³-hybridized carbons (Fsp3) is 0. The maximum Gasteiger partial charge on any atom is 0.143 e. The molecule has 0 aromatic heterocycles. The molecule has 1 aliphatic rings. The topological polar surface area (TPSA) is 9.23 Å². The molecular formula is C34H20O. The fourth-order valence-corrected chi connectivity index (χ4v) is 5.81. The first-order chi connectivity index (χ1) is 17.3. The Labute approximate surface area is 202 Å². The highest BCUT2D eigenvalue weighted by Gasteiger charge is 2.23. The van der Waals surface area contributed by atoms with E-state index in [9.17, 15) is 0 Å². The Morgan fingerprint density at radius 3 is 1.91 bits per heavy atom. The third kappa shape index (κ3) is 2.64. The van der Waals surface area contributed by atoms with Crippen molar-refractivity contribution in [2.24, 2.45) is 0 Å². The SMILES string of the molecule is c1cc(-c2cccc3cc4ccc5ccccc5c4cc23)c2c(c1)-c1cccc3cccc(c13)O2. The van der Waals surface area contributed by atoms with E-state index in [1.165, 1.54) is 54.2 Å². The number of fused-ring (bicyclic) bond motifs is 6. The second kappa shape index (κ2) is 6.94. The van der Waals surface area contributed by atoms with Gasteiger partial charge in [0.15, 0.2) is 0 Å². The maximum absolute atomic E-state index is 6.64. The van der Waals surface area contributed by atoms with Crippen molar-refractivity contribution in [3.63, 3.8) is 0 Å². The minimum absolute atomic E-state index is 0.926. The number of ether oxygens (including phenoxy) is 1. The molecule has 0 aliphatic carbocycles. The standard InChI is InChI=1S/C34H20O/c1-2-11-25-21(7-1)17-18-24-19-23-10-4-12-26(31(23)20-30(24)25)28-14-6-15-29-27-13-3-8-22-9-5-16-32(33(22)27)35-34(28)29/h1-20H. The molecule has 0 saturated heterocycles. The van der Waals surface area contributed by atoms with Crippen molar-refractivity contribution in [3.05, 3.63) is 121 Å². The molecule has 0 bridgehead atoms. The minimum Gasteiger partial charge on any atom is -0.455 e. The van der Waals surface area contributed by atoms with Crippen LogP contribution in [0.3, 0.4) is 0 Å². The molecule has 1 heteroatoms. The smallest absolute Gasteiger partial charge is 0.143 e. The zero-order valence-electron chi connectivity index (χ0n) is 19.0. The molecule has 7 aromatic rings. The number of hydrogen-bond acceptors (Lipinski definition) is 1. The van der Waals surface area contributed by atoms with E-state index in [4.69, 9.17) is 4.74 Å². The van der Waals surface area contributed by atoms with Gasteiger partial charge in [-0.25, -0.2) is 0 Å². The first-order valence-electron chi connectivity index (χ1n) is 12.0. The second-order valence-electron chi connectivity index (χ2n) is 9.33. The Morgan fingerprint density at radius 1 is 0.371 bits per heavy atom. The molecule has 0 spiro atoms. The van der Waals surface area contributed by atoms with Crippen LogP contribution in [-0.4, -0.2) is 0 Å². The van der Waals surface area contributed by atoms with E-state index in [2.05, 4.69) is 121 Å². The van der Waals surface area contributed by atoms with E-state index in [1.54, 1.807) is 0 Å². The lowest BCUT2D eigenvalue weighted by Gasteiger charge is -2.24. The van der Waals surface area contributed by atoms with Gasteiger partial charge in [0.25, 0.3) is 0 Å². The molecule has 162 valence electrons. The molecule has 1 aliphatic heterocycles. The Hall–Kier alpha value is -4.62. The van der Waals surface area contributed by atoms with Crippen molar-refractivity contribution < 1.29 is 4.74 Å². The van der Waals surface area contributed by atoms with E-state index in [-0.39, 0.29) is 0 Å². The Balaban J connectivity index is 1.44. The quantitative estimate of drug-likeness (QED) is 0.181. The lowest BCUT2D eigenvalue weighted by atomic mass is 9.89. The molecular weight excluding hydrogens is 424 g/mol. The van der Waals surface area contributed by atoms with Crippen LogP contribution in [0.5, 0.6) is 11.5 Å². The first-order valence-corrected chi connectivity index (χ1v) is 12.0. The Kier molecular flexibility index (Phi) is 3.72. The summed E-state index contributed by atoms with van der Waals surface area (Å²) in [7, 11) is 0. The van der Waals surface area contributed by atoms with Crippen molar-refractivity contribution in [2.45, 2.75) is 0 Å². The summed E-state index contributed by atoms with van der Waals surface area (Å²) in [5, 5.41) is 9.97. The van der Waals surface area contributed by atoms with E-state index in [0.29, 0.717) is 0 Å². The van der Waals surface area contributed by atoms with Gasteiger partial charge in [0.1, 0.15) is 11.5 Å². The summed E-state index contributed by atoms with van der Waals surface area (Å²) in [4.78, 5) is 0. The highest BCUT2D eigenvalue weighted by atomic mass is 16.5. The van der Waals surface area contributed by atoms with Crippen LogP contribution in [0.15, 0.2) is 121 Å². The first kappa shape index (κ1) is 18.8. The predicted molar refractivity (Wildman–Crippen MR) is 147 cm³/mol. The van der Waals surface area contributed by atoms with Crippen molar-refractivity contribution >= 4 is 43.1 Å². The third-order valence-electron chi connectivity index (χ3n) is 7.42. The zero-order chi connectivity index (χ0) is 22.9. The minimum atomic E-state index is 0.926. The fourth-order valence-electron chi connectivity index (χ4n) is 5.81. The van der Waals surface area contributed by atoms with Crippen molar-refractivity contribution in [3.8, 4) is 33.8 Å². The Bertz CT molecular complexity index is 1970. The molecule has 8 rings (SSSR count). The van der Waals surface area contributed by atoms with Crippen LogP contribution in [0.4, 0.5) is 0 Å². The van der Waals surface area contributed by atoms with E-state index < -0.39 is 0 Å². The number of benzene rings is 7. The van der Waals surface area contributed by atoms with Gasteiger partial charge >= 0.3 is 0 Å². The van der Waals surface area contributed by atoms with Gasteiger partial charge in [0.05, 0.1) is 0 Å². The van der Waals surface area contributed by atoms with Crippen LogP contribution >= 0.6 is 0 Å². The van der Waals surface area contributed by atoms with Crippen LogP contribution in [0, 0.1) is 0 Å². The summed E-state index contributed by atoms with van der Waals surface area (Å²) in [5.74, 6) is 1.86. The highest BCUT2D eigenvalue weighted by Crippen LogP contribution is 2.51. The molecule has 1 heterocycles. The molecule has 1 nitrogen and oxygen atoms in total. The molecule has 0 unspecified atom stereocenters. The van der Waals surface area contributed by atoms with E-state index >= 15 is 0 Å². The number of rotatable bonds is 1. The third-order valence-corrected chi connectivity index (χ3v) is 7.42. The molecule has 0 fully saturated rings. The maximum atomic E-state index is 6.64. The van der Waals surface area contributed by atoms with Crippen molar-refractivity contribution in [1.29, 1.82) is 0 Å². The average molecular weight is 445 g/mol. The molecule has 0 N–H and O–H groups in total. The number of para-hydroxylation sites is 1. The monoisotopic (exact) mass is 444 g/mol. The average Bonchev–Trinajstić information content (AvgIpc) is 2.92. The summed E-state index contributed by atoms with van der Waals surface area (Å²) < 4.78 is 6.64. The second-order valence-corrected chi connectivity index (χ2v) is 9.33. The summed E-state index contributed by atoms with van der Waals surface area (Å²) in [5.41, 5.74) is 4.70. The van der Waals surface area contributed by atoms with Gasteiger partial charge < -0.3 is 4.74 Å². The van der Waals surface area contributed by atoms with Crippen molar-refractivity contribution in [1.82, 2.24) is 0 Å². The highest BCUT2D eigenvalue weighted by molar-refractivity contribution is 6.15. The summed E-state index contributed by atoms with van der Waals surface area (Å²) >= 11 is 0. The molecule has 35 heavy (non-hydrogen) atoms. The summed E-state index contributed by atoms with van der Waals surface area (Å²) in [6, 6.07) is 43.7. The summed E-state index contributed by atoms with van der Waals surface area (Å²) in [6.45, 7) is 0. The lowest BCUT2D eigenvalue weighted by Crippen LogP contribution is -1.99. The van der Waals surface area contributed by atoms with Crippen LogP contribution < -0.4 is 4.74 Å². The predicted octanol–water partition coefficient (Wildman–Crippen LogP) is 9.74. The molecule has 7 aromatic carbocycles.